The normalized spacial score (nSPS) is 22.6. The van der Waals surface area contributed by atoms with Crippen LogP contribution in [0.4, 0.5) is 26.1 Å². The van der Waals surface area contributed by atoms with Gasteiger partial charge in [-0.2, -0.15) is 5.26 Å². The van der Waals surface area contributed by atoms with E-state index in [1.165, 1.54) is 10.6 Å². The van der Waals surface area contributed by atoms with Crippen LogP contribution in [0.25, 0.3) is 0 Å². The number of nitrogens with two attached hydrogens (primary N) is 1. The van der Waals surface area contributed by atoms with Crippen molar-refractivity contribution in [2.75, 3.05) is 31.2 Å². The number of carbonyl (C=O) groups excluding carboxylic acids is 1. The summed E-state index contributed by atoms with van der Waals surface area (Å²) in [6.07, 6.45) is -1.45. The molecule has 2 aliphatic rings. The predicted molar refractivity (Wildman–Crippen MR) is 112 cm³/mol. The zero-order valence-electron chi connectivity index (χ0n) is 17.5. The number of halogens is 2. The zero-order valence-corrected chi connectivity index (χ0v) is 17.5. The number of carbonyl (C=O) groups is 1. The van der Waals surface area contributed by atoms with Gasteiger partial charge in [0.25, 0.3) is 11.5 Å². The molecule has 168 valence electrons. The van der Waals surface area contributed by atoms with E-state index in [1.807, 2.05) is 11.0 Å². The Bertz CT molecular complexity index is 1190. The van der Waals surface area contributed by atoms with Crippen molar-refractivity contribution in [1.29, 1.82) is 5.26 Å². The van der Waals surface area contributed by atoms with Gasteiger partial charge in [-0.3, -0.25) is 14.2 Å². The number of aromatic nitrogens is 3. The number of amides is 1. The Morgan fingerprint density at radius 2 is 2.19 bits per heavy atom. The monoisotopic (exact) mass is 444 g/mol. The number of anilines is 3. The van der Waals surface area contributed by atoms with Crippen molar-refractivity contribution >= 4 is 23.2 Å². The third-order valence-corrected chi connectivity index (χ3v) is 5.86. The quantitative estimate of drug-likeness (QED) is 0.638. The first kappa shape index (κ1) is 21.6. The molecule has 2 aromatic rings. The standard InChI is InChI=1S/C20H22F2N8O2/c1-10-3-13(27-17-12(6-23)16(24)25-9-26-17)19(32)30-15(10)18(31)28-20(30)5-11(4-14(21)22)7-29(2)8-20/h3,9,11,14H,4-5,7-8H2,1-2H3,(H,28,31)(H3,24,25,26,27). The van der Waals surface area contributed by atoms with E-state index in [4.69, 9.17) is 5.73 Å². The third kappa shape index (κ3) is 3.54. The number of alkyl halides is 2. The first-order valence-corrected chi connectivity index (χ1v) is 9.99. The fraction of sp³-hybridized carbons (Fsp3) is 0.450. The number of nitrogens with zero attached hydrogens (tertiary/aromatic N) is 5. The molecule has 1 saturated heterocycles. The summed E-state index contributed by atoms with van der Waals surface area (Å²) in [5.41, 5.74) is 4.81. The van der Waals surface area contributed by atoms with Crippen LogP contribution in [0.5, 0.6) is 0 Å². The van der Waals surface area contributed by atoms with Crippen LogP contribution < -0.4 is 21.9 Å². The number of piperidine rings is 1. The second-order valence-corrected chi connectivity index (χ2v) is 8.33. The number of aryl methyl sites for hydroxylation is 1. The van der Waals surface area contributed by atoms with Crippen LogP contribution in [0.3, 0.4) is 0 Å². The van der Waals surface area contributed by atoms with Gasteiger partial charge in [0.05, 0.1) is 0 Å². The molecule has 2 atom stereocenters. The van der Waals surface area contributed by atoms with E-state index >= 15 is 0 Å². The van der Waals surface area contributed by atoms with Crippen LogP contribution in [-0.2, 0) is 5.66 Å². The van der Waals surface area contributed by atoms with Gasteiger partial charge in [-0.15, -0.1) is 0 Å². The lowest BCUT2D eigenvalue weighted by Gasteiger charge is -2.43. The third-order valence-electron chi connectivity index (χ3n) is 5.86. The van der Waals surface area contributed by atoms with Crippen LogP contribution in [0.2, 0.25) is 0 Å². The minimum atomic E-state index is -2.49. The van der Waals surface area contributed by atoms with E-state index in [0.717, 1.165) is 6.33 Å². The average molecular weight is 444 g/mol. The molecule has 4 N–H and O–H groups in total. The summed E-state index contributed by atoms with van der Waals surface area (Å²) in [6.45, 7) is 2.41. The molecule has 1 amide bonds. The van der Waals surface area contributed by atoms with Gasteiger partial charge in [-0.05, 0) is 37.9 Å². The first-order chi connectivity index (χ1) is 15.1. The summed E-state index contributed by atoms with van der Waals surface area (Å²) in [7, 11) is 1.77. The second kappa shape index (κ2) is 7.83. The van der Waals surface area contributed by atoms with Crippen molar-refractivity contribution in [3.63, 3.8) is 0 Å². The minimum Gasteiger partial charge on any atom is -0.382 e. The molecule has 2 aromatic heterocycles. The zero-order chi connectivity index (χ0) is 23.2. The summed E-state index contributed by atoms with van der Waals surface area (Å²) in [4.78, 5) is 36.0. The Balaban J connectivity index is 1.83. The van der Waals surface area contributed by atoms with Crippen molar-refractivity contribution in [2.45, 2.75) is 31.9 Å². The molecular weight excluding hydrogens is 422 g/mol. The summed E-state index contributed by atoms with van der Waals surface area (Å²) in [6, 6.07) is 3.39. The van der Waals surface area contributed by atoms with Gasteiger partial charge < -0.3 is 21.3 Å². The molecule has 1 fully saturated rings. The molecular formula is C20H22F2N8O2. The van der Waals surface area contributed by atoms with E-state index in [1.54, 1.807) is 14.0 Å². The van der Waals surface area contributed by atoms with Crippen LogP contribution in [0.1, 0.15) is 34.5 Å². The molecule has 32 heavy (non-hydrogen) atoms. The van der Waals surface area contributed by atoms with Crippen LogP contribution in [0.15, 0.2) is 17.2 Å². The fourth-order valence-corrected chi connectivity index (χ4v) is 4.80. The van der Waals surface area contributed by atoms with Crippen molar-refractivity contribution in [1.82, 2.24) is 24.8 Å². The lowest BCUT2D eigenvalue weighted by atomic mass is 9.87. The Labute approximate surface area is 182 Å². The Morgan fingerprint density at radius 3 is 2.88 bits per heavy atom. The molecule has 2 aliphatic heterocycles. The Kier molecular flexibility index (Phi) is 5.29. The van der Waals surface area contributed by atoms with Crippen molar-refractivity contribution in [3.05, 3.63) is 39.6 Å². The average Bonchev–Trinajstić information content (AvgIpc) is 2.96. The number of nitrogens with one attached hydrogen (secondary N) is 2. The molecule has 4 rings (SSSR count). The Hall–Kier alpha value is -3.59. The minimum absolute atomic E-state index is 0.0200. The number of nitrogen functional groups attached to an aromatic ring is 1. The van der Waals surface area contributed by atoms with Crippen LogP contribution in [-0.4, -0.2) is 51.9 Å². The fourth-order valence-electron chi connectivity index (χ4n) is 4.80. The predicted octanol–water partition coefficient (Wildman–Crippen LogP) is 1.15. The van der Waals surface area contributed by atoms with Crippen molar-refractivity contribution in [2.24, 2.45) is 5.92 Å². The highest BCUT2D eigenvalue weighted by atomic mass is 19.3. The molecule has 12 heteroatoms. The number of fused-ring (bicyclic) bond motifs is 2. The number of pyridine rings is 1. The summed E-state index contributed by atoms with van der Waals surface area (Å²) in [5.74, 6) is -0.823. The second-order valence-electron chi connectivity index (χ2n) is 8.33. The molecule has 0 aromatic carbocycles. The smallest absolute Gasteiger partial charge is 0.276 e. The van der Waals surface area contributed by atoms with Gasteiger partial charge in [0, 0.05) is 19.5 Å². The summed E-state index contributed by atoms with van der Waals surface area (Å²) in [5, 5.41) is 15.1. The SMILES string of the molecule is Cc1cc(Nc2ncnc(N)c2C#N)c(=O)n2c1C(=O)NC21CC(CC(F)F)CN(C)C1. The molecule has 10 nitrogen and oxygen atoms in total. The molecule has 2 unspecified atom stereocenters. The molecule has 0 radical (unpaired) electrons. The number of nitriles is 1. The van der Waals surface area contributed by atoms with Gasteiger partial charge in [0.1, 0.15) is 40.8 Å². The van der Waals surface area contributed by atoms with Crippen LogP contribution >= 0.6 is 0 Å². The van der Waals surface area contributed by atoms with Crippen molar-refractivity contribution < 1.29 is 13.6 Å². The van der Waals surface area contributed by atoms with Gasteiger partial charge in [-0.1, -0.05) is 0 Å². The van der Waals surface area contributed by atoms with Gasteiger partial charge >= 0.3 is 0 Å². The summed E-state index contributed by atoms with van der Waals surface area (Å²) < 4.78 is 27.6. The van der Waals surface area contributed by atoms with E-state index in [0.29, 0.717) is 12.1 Å². The highest BCUT2D eigenvalue weighted by Crippen LogP contribution is 2.37. The number of rotatable bonds is 4. The molecule has 0 aliphatic carbocycles. The van der Waals surface area contributed by atoms with Crippen LogP contribution in [0, 0.1) is 24.2 Å². The lowest BCUT2D eigenvalue weighted by Crippen LogP contribution is -2.59. The Morgan fingerprint density at radius 1 is 1.44 bits per heavy atom. The van der Waals surface area contributed by atoms with E-state index < -0.39 is 29.5 Å². The number of likely N-dealkylation sites (tertiary alicyclic amines) is 1. The molecule has 0 saturated carbocycles. The largest absolute Gasteiger partial charge is 0.382 e. The first-order valence-electron chi connectivity index (χ1n) is 9.99. The van der Waals surface area contributed by atoms with E-state index in [9.17, 15) is 23.6 Å². The molecule has 0 bridgehead atoms. The topological polar surface area (TPSA) is 142 Å². The maximum atomic E-state index is 13.5. The molecule has 4 heterocycles. The van der Waals surface area contributed by atoms with Gasteiger partial charge in [0.2, 0.25) is 6.43 Å². The maximum Gasteiger partial charge on any atom is 0.276 e. The van der Waals surface area contributed by atoms with Gasteiger partial charge in [-0.25, -0.2) is 18.7 Å². The summed E-state index contributed by atoms with van der Waals surface area (Å²) >= 11 is 0. The van der Waals surface area contributed by atoms with E-state index in [-0.39, 0.29) is 48.0 Å². The maximum absolute atomic E-state index is 13.5. The number of likely N-dealkylation sites (N-methyl/N-ethyl adjacent to an activating group) is 1. The molecule has 1 spiro atoms. The van der Waals surface area contributed by atoms with Gasteiger partial charge in [0.15, 0.2) is 5.82 Å². The highest BCUT2D eigenvalue weighted by molar-refractivity contribution is 5.97. The highest BCUT2D eigenvalue weighted by Gasteiger charge is 2.49. The lowest BCUT2D eigenvalue weighted by molar-refractivity contribution is 0.0238. The number of hydrogen-bond donors (Lipinski definition) is 3. The van der Waals surface area contributed by atoms with Crippen molar-refractivity contribution in [3.8, 4) is 6.07 Å². The number of hydrogen-bond acceptors (Lipinski definition) is 8. The van der Waals surface area contributed by atoms with E-state index in [2.05, 4.69) is 20.6 Å².